The smallest absolute Gasteiger partial charge is 0.145 e. The molecule has 0 aliphatic heterocycles. The van der Waals surface area contributed by atoms with Crippen LogP contribution in [0.5, 0.6) is 0 Å². The molecule has 0 atom stereocenters. The Hall–Kier alpha value is -0.990. The fraction of sp³-hybridized carbons (Fsp3) is 0.727. The van der Waals surface area contributed by atoms with Crippen LogP contribution in [0.15, 0.2) is 6.07 Å². The largest absolute Gasteiger partial charge is 0.382 e. The van der Waals surface area contributed by atoms with Gasteiger partial charge in [-0.3, -0.25) is 5.10 Å². The third-order valence-electron chi connectivity index (χ3n) is 3.13. The van der Waals surface area contributed by atoms with Crippen LogP contribution in [0.1, 0.15) is 44.2 Å². The maximum absolute atomic E-state index is 5.57. The van der Waals surface area contributed by atoms with E-state index in [1.165, 1.54) is 44.2 Å². The monoisotopic (exact) mass is 193 g/mol. The Kier molecular flexibility index (Phi) is 3.07. The lowest BCUT2D eigenvalue weighted by Crippen LogP contribution is -2.03. The molecular formula is C11H19N3. The Labute approximate surface area is 85.1 Å². The zero-order valence-corrected chi connectivity index (χ0v) is 8.63. The Bertz CT molecular complexity index is 272. The van der Waals surface area contributed by atoms with Crippen molar-refractivity contribution in [1.29, 1.82) is 0 Å². The lowest BCUT2D eigenvalue weighted by Gasteiger charge is -2.11. The minimum atomic E-state index is 0.619. The summed E-state index contributed by atoms with van der Waals surface area (Å²) < 4.78 is 0. The summed E-state index contributed by atoms with van der Waals surface area (Å²) in [4.78, 5) is 0. The molecule has 14 heavy (non-hydrogen) atoms. The third kappa shape index (κ3) is 2.50. The van der Waals surface area contributed by atoms with E-state index < -0.39 is 0 Å². The molecule has 3 nitrogen and oxygen atoms in total. The molecule has 0 spiro atoms. The zero-order valence-electron chi connectivity index (χ0n) is 8.63. The van der Waals surface area contributed by atoms with Crippen molar-refractivity contribution in [2.45, 2.75) is 44.9 Å². The molecule has 78 valence electrons. The zero-order chi connectivity index (χ0) is 9.80. The second kappa shape index (κ2) is 4.49. The molecule has 1 aliphatic rings. The van der Waals surface area contributed by atoms with Gasteiger partial charge in [0.05, 0.1) is 0 Å². The molecule has 1 aromatic heterocycles. The number of nitrogen functional groups attached to an aromatic ring is 1. The van der Waals surface area contributed by atoms with Gasteiger partial charge in [0.15, 0.2) is 0 Å². The summed E-state index contributed by atoms with van der Waals surface area (Å²) >= 11 is 0. The molecule has 2 rings (SSSR count). The van der Waals surface area contributed by atoms with E-state index in [2.05, 4.69) is 10.2 Å². The molecule has 1 aliphatic carbocycles. The Balaban J connectivity index is 1.89. The summed E-state index contributed by atoms with van der Waals surface area (Å²) in [5, 5.41) is 6.96. The van der Waals surface area contributed by atoms with Crippen molar-refractivity contribution in [3.05, 3.63) is 11.8 Å². The maximum Gasteiger partial charge on any atom is 0.145 e. The molecule has 0 bridgehead atoms. The maximum atomic E-state index is 5.57. The predicted molar refractivity (Wildman–Crippen MR) is 57.9 cm³/mol. The SMILES string of the molecule is Nc1cc(CC2CCCCCC2)[nH]n1. The molecule has 3 N–H and O–H groups in total. The summed E-state index contributed by atoms with van der Waals surface area (Å²) in [6, 6.07) is 1.96. The van der Waals surface area contributed by atoms with E-state index >= 15 is 0 Å². The molecular weight excluding hydrogens is 174 g/mol. The molecule has 0 unspecified atom stereocenters. The molecule has 1 fully saturated rings. The van der Waals surface area contributed by atoms with Gasteiger partial charge in [-0.25, -0.2) is 0 Å². The Morgan fingerprint density at radius 1 is 1.29 bits per heavy atom. The summed E-state index contributed by atoms with van der Waals surface area (Å²) in [5.41, 5.74) is 6.78. The number of aromatic amines is 1. The van der Waals surface area contributed by atoms with E-state index in [4.69, 9.17) is 5.73 Å². The van der Waals surface area contributed by atoms with Crippen LogP contribution < -0.4 is 5.73 Å². The van der Waals surface area contributed by atoms with Crippen LogP contribution >= 0.6 is 0 Å². The van der Waals surface area contributed by atoms with Crippen LogP contribution in [0.4, 0.5) is 5.82 Å². The van der Waals surface area contributed by atoms with Crippen molar-refractivity contribution in [2.24, 2.45) is 5.92 Å². The molecule has 0 amide bonds. The predicted octanol–water partition coefficient (Wildman–Crippen LogP) is 2.50. The van der Waals surface area contributed by atoms with Crippen molar-refractivity contribution in [2.75, 3.05) is 5.73 Å². The van der Waals surface area contributed by atoms with Crippen LogP contribution in [0.2, 0.25) is 0 Å². The lowest BCUT2D eigenvalue weighted by molar-refractivity contribution is 0.453. The Morgan fingerprint density at radius 3 is 2.57 bits per heavy atom. The Morgan fingerprint density at radius 2 is 2.00 bits per heavy atom. The molecule has 0 radical (unpaired) electrons. The van der Waals surface area contributed by atoms with E-state index in [1.54, 1.807) is 0 Å². The molecule has 0 aromatic carbocycles. The minimum absolute atomic E-state index is 0.619. The van der Waals surface area contributed by atoms with E-state index in [-0.39, 0.29) is 0 Å². The van der Waals surface area contributed by atoms with E-state index in [9.17, 15) is 0 Å². The summed E-state index contributed by atoms with van der Waals surface area (Å²) in [6.45, 7) is 0. The second-order valence-corrected chi connectivity index (χ2v) is 4.38. The quantitative estimate of drug-likeness (QED) is 0.709. The van der Waals surface area contributed by atoms with E-state index in [1.807, 2.05) is 6.07 Å². The molecule has 3 heteroatoms. The number of nitrogens with two attached hydrogens (primary N) is 1. The highest BCUT2D eigenvalue weighted by Crippen LogP contribution is 2.25. The normalized spacial score (nSPS) is 19.4. The van der Waals surface area contributed by atoms with Gasteiger partial charge in [0.25, 0.3) is 0 Å². The van der Waals surface area contributed by atoms with Crippen molar-refractivity contribution in [3.8, 4) is 0 Å². The first-order chi connectivity index (χ1) is 6.84. The number of nitrogens with one attached hydrogen (secondary N) is 1. The average Bonchev–Trinajstić information content (AvgIpc) is 2.43. The van der Waals surface area contributed by atoms with E-state index in [0.29, 0.717) is 5.82 Å². The number of nitrogens with zero attached hydrogens (tertiary/aromatic N) is 1. The van der Waals surface area contributed by atoms with Gasteiger partial charge in [-0.05, 0) is 12.3 Å². The number of rotatable bonds is 2. The van der Waals surface area contributed by atoms with Gasteiger partial charge >= 0.3 is 0 Å². The number of anilines is 1. The fourth-order valence-corrected chi connectivity index (χ4v) is 2.36. The highest BCUT2D eigenvalue weighted by atomic mass is 15.1. The van der Waals surface area contributed by atoms with Gasteiger partial charge in [-0.15, -0.1) is 0 Å². The van der Waals surface area contributed by atoms with Gasteiger partial charge < -0.3 is 5.73 Å². The first-order valence-corrected chi connectivity index (χ1v) is 5.64. The van der Waals surface area contributed by atoms with Crippen LogP contribution in [0.25, 0.3) is 0 Å². The number of H-pyrrole nitrogens is 1. The lowest BCUT2D eigenvalue weighted by atomic mass is 9.95. The van der Waals surface area contributed by atoms with Crippen molar-refractivity contribution < 1.29 is 0 Å². The average molecular weight is 193 g/mol. The standard InChI is InChI=1S/C11H19N3/c12-11-8-10(13-14-11)7-9-5-3-1-2-4-6-9/h8-9H,1-7H2,(H3,12,13,14). The van der Waals surface area contributed by atoms with Gasteiger partial charge in [0.1, 0.15) is 5.82 Å². The minimum Gasteiger partial charge on any atom is -0.382 e. The van der Waals surface area contributed by atoms with Gasteiger partial charge in [0, 0.05) is 11.8 Å². The van der Waals surface area contributed by atoms with Crippen molar-refractivity contribution in [3.63, 3.8) is 0 Å². The molecule has 1 aromatic rings. The van der Waals surface area contributed by atoms with Gasteiger partial charge in [0.2, 0.25) is 0 Å². The first kappa shape index (κ1) is 9.56. The molecule has 0 saturated heterocycles. The van der Waals surface area contributed by atoms with Gasteiger partial charge in [-0.2, -0.15) is 5.10 Å². The van der Waals surface area contributed by atoms with Crippen molar-refractivity contribution >= 4 is 5.82 Å². The highest BCUT2D eigenvalue weighted by molar-refractivity contribution is 5.28. The van der Waals surface area contributed by atoms with E-state index in [0.717, 1.165) is 12.3 Å². The van der Waals surface area contributed by atoms with Crippen molar-refractivity contribution in [1.82, 2.24) is 10.2 Å². The van der Waals surface area contributed by atoms with Crippen LogP contribution in [0, 0.1) is 5.92 Å². The topological polar surface area (TPSA) is 54.7 Å². The van der Waals surface area contributed by atoms with Gasteiger partial charge in [-0.1, -0.05) is 38.5 Å². The highest BCUT2D eigenvalue weighted by Gasteiger charge is 2.13. The number of hydrogen-bond donors (Lipinski definition) is 2. The molecule has 1 heterocycles. The van der Waals surface area contributed by atoms with Crippen LogP contribution in [-0.2, 0) is 6.42 Å². The van der Waals surface area contributed by atoms with Crippen LogP contribution in [-0.4, -0.2) is 10.2 Å². The van der Waals surface area contributed by atoms with Crippen LogP contribution in [0.3, 0.4) is 0 Å². The second-order valence-electron chi connectivity index (χ2n) is 4.38. The first-order valence-electron chi connectivity index (χ1n) is 5.64. The summed E-state index contributed by atoms with van der Waals surface area (Å²) in [6.07, 6.45) is 9.51. The number of hydrogen-bond acceptors (Lipinski definition) is 2. The summed E-state index contributed by atoms with van der Waals surface area (Å²) in [7, 11) is 0. The molecule has 1 saturated carbocycles. The third-order valence-corrected chi connectivity index (χ3v) is 3.13. The fourth-order valence-electron chi connectivity index (χ4n) is 2.36. The number of aromatic nitrogens is 2. The summed E-state index contributed by atoms with van der Waals surface area (Å²) in [5.74, 6) is 1.46.